The van der Waals surface area contributed by atoms with Gasteiger partial charge in [0.05, 0.1) is 12.8 Å². The Morgan fingerprint density at radius 1 is 1.32 bits per heavy atom. The van der Waals surface area contributed by atoms with E-state index in [4.69, 9.17) is 4.74 Å². The van der Waals surface area contributed by atoms with E-state index in [2.05, 4.69) is 4.98 Å². The number of nitrogens with zero attached hydrogens (tertiary/aromatic N) is 2. The van der Waals surface area contributed by atoms with E-state index >= 15 is 0 Å². The monoisotopic (exact) mass is 318 g/mol. The summed E-state index contributed by atoms with van der Waals surface area (Å²) in [6.45, 7) is 4.51. The van der Waals surface area contributed by atoms with Crippen LogP contribution in [0.2, 0.25) is 0 Å². The van der Waals surface area contributed by atoms with Crippen LogP contribution < -0.4 is 4.74 Å². The zero-order valence-corrected chi connectivity index (χ0v) is 13.4. The van der Waals surface area contributed by atoms with Gasteiger partial charge in [0, 0.05) is 18.8 Å². The second-order valence-corrected chi connectivity index (χ2v) is 7.04. The van der Waals surface area contributed by atoms with Crippen molar-refractivity contribution in [2.75, 3.05) is 6.61 Å². The first kappa shape index (κ1) is 15.0. The zero-order chi connectivity index (χ0) is 15.7. The van der Waals surface area contributed by atoms with Gasteiger partial charge in [-0.05, 0) is 31.0 Å². The molecule has 0 amide bonds. The van der Waals surface area contributed by atoms with E-state index in [9.17, 15) is 8.42 Å². The summed E-state index contributed by atoms with van der Waals surface area (Å²) in [5.41, 5.74) is 2.09. The van der Waals surface area contributed by atoms with E-state index in [1.165, 1.54) is 16.7 Å². The molecule has 1 aliphatic rings. The Hall–Kier alpha value is -1.92. The molecule has 0 aliphatic carbocycles. The highest BCUT2D eigenvalue weighted by Crippen LogP contribution is 2.39. The van der Waals surface area contributed by atoms with Crippen LogP contribution in [0.25, 0.3) is 0 Å². The summed E-state index contributed by atoms with van der Waals surface area (Å²) in [5, 5.41) is 0. The Morgan fingerprint density at radius 2 is 2.09 bits per heavy atom. The van der Waals surface area contributed by atoms with E-state index in [1.807, 2.05) is 38.1 Å². The molecule has 2 aromatic rings. The predicted molar refractivity (Wildman–Crippen MR) is 83.0 cm³/mol. The van der Waals surface area contributed by atoms with Gasteiger partial charge in [-0.1, -0.05) is 24.3 Å². The lowest BCUT2D eigenvalue weighted by molar-refractivity contribution is 0.325. The molecule has 0 unspecified atom stereocenters. The number of aromatic nitrogens is 1. The minimum Gasteiger partial charge on any atom is -0.492 e. The Bertz CT molecular complexity index is 789. The van der Waals surface area contributed by atoms with E-state index < -0.39 is 10.0 Å². The molecule has 1 aromatic carbocycles. The number of benzene rings is 1. The summed E-state index contributed by atoms with van der Waals surface area (Å²) in [5.74, 6) is 0.348. The third kappa shape index (κ3) is 2.38. The van der Waals surface area contributed by atoms with Crippen molar-refractivity contribution >= 4 is 10.0 Å². The van der Waals surface area contributed by atoms with Crippen molar-refractivity contribution in [1.29, 1.82) is 0 Å². The van der Waals surface area contributed by atoms with E-state index in [0.717, 1.165) is 11.1 Å². The third-order valence-electron chi connectivity index (χ3n) is 3.90. The molecule has 1 atom stereocenters. The van der Waals surface area contributed by atoms with E-state index in [-0.39, 0.29) is 10.9 Å². The standard InChI is InChI=1S/C16H18N2O3S/c1-3-21-15-8-9-17-10-16(15)22(19,20)18-11-13-6-4-5-7-14(13)12(18)2/h4-10,12H,3,11H2,1-2H3/t12-/m0/s1. The van der Waals surface area contributed by atoms with Gasteiger partial charge in [-0.3, -0.25) is 4.98 Å². The Morgan fingerprint density at radius 3 is 2.82 bits per heavy atom. The van der Waals surface area contributed by atoms with Crippen molar-refractivity contribution in [2.45, 2.75) is 31.3 Å². The Balaban J connectivity index is 2.02. The van der Waals surface area contributed by atoms with Crippen molar-refractivity contribution in [3.05, 3.63) is 53.9 Å². The highest BCUT2D eigenvalue weighted by Gasteiger charge is 2.37. The fourth-order valence-electron chi connectivity index (χ4n) is 2.80. The third-order valence-corrected chi connectivity index (χ3v) is 5.82. The molecular weight excluding hydrogens is 300 g/mol. The average Bonchev–Trinajstić information content (AvgIpc) is 2.86. The van der Waals surface area contributed by atoms with Crippen LogP contribution in [0.1, 0.15) is 31.0 Å². The molecule has 0 saturated carbocycles. The average molecular weight is 318 g/mol. The highest BCUT2D eigenvalue weighted by atomic mass is 32.2. The van der Waals surface area contributed by atoms with Gasteiger partial charge in [0.1, 0.15) is 10.6 Å². The summed E-state index contributed by atoms with van der Waals surface area (Å²) < 4.78 is 33.0. The smallest absolute Gasteiger partial charge is 0.249 e. The summed E-state index contributed by atoms with van der Waals surface area (Å²) in [4.78, 5) is 4.08. The number of sulfonamides is 1. The molecule has 116 valence electrons. The lowest BCUT2D eigenvalue weighted by Gasteiger charge is -2.22. The molecule has 3 rings (SSSR count). The first-order chi connectivity index (χ1) is 10.6. The van der Waals surface area contributed by atoms with Crippen LogP contribution in [-0.4, -0.2) is 24.3 Å². The molecule has 0 saturated heterocycles. The van der Waals surface area contributed by atoms with Gasteiger partial charge in [0.2, 0.25) is 10.0 Å². The van der Waals surface area contributed by atoms with Crippen molar-refractivity contribution in [1.82, 2.24) is 9.29 Å². The normalized spacial score (nSPS) is 18.2. The molecule has 6 heteroatoms. The molecule has 0 spiro atoms. The van der Waals surface area contributed by atoms with Gasteiger partial charge in [-0.25, -0.2) is 8.42 Å². The Labute approximate surface area is 130 Å². The molecule has 22 heavy (non-hydrogen) atoms. The number of fused-ring (bicyclic) bond motifs is 1. The van der Waals surface area contributed by atoms with Gasteiger partial charge >= 0.3 is 0 Å². The summed E-state index contributed by atoms with van der Waals surface area (Å²) in [6, 6.07) is 9.19. The minimum absolute atomic E-state index is 0.122. The quantitative estimate of drug-likeness (QED) is 0.870. The van der Waals surface area contributed by atoms with Gasteiger partial charge in [-0.15, -0.1) is 0 Å². The van der Waals surface area contributed by atoms with E-state index in [1.54, 1.807) is 6.07 Å². The fraction of sp³-hybridized carbons (Fsp3) is 0.312. The molecule has 0 fully saturated rings. The maximum Gasteiger partial charge on any atom is 0.249 e. The topological polar surface area (TPSA) is 59.5 Å². The van der Waals surface area contributed by atoms with Gasteiger partial charge < -0.3 is 4.74 Å². The predicted octanol–water partition coefficient (Wildman–Crippen LogP) is 2.75. The lowest BCUT2D eigenvalue weighted by atomic mass is 10.1. The zero-order valence-electron chi connectivity index (χ0n) is 12.6. The number of hydrogen-bond donors (Lipinski definition) is 0. The van der Waals surface area contributed by atoms with Crippen LogP contribution >= 0.6 is 0 Å². The summed E-state index contributed by atoms with van der Waals surface area (Å²) in [7, 11) is -3.66. The molecule has 1 aliphatic heterocycles. The van der Waals surface area contributed by atoms with Gasteiger partial charge in [-0.2, -0.15) is 4.31 Å². The molecule has 1 aromatic heterocycles. The molecule has 0 radical (unpaired) electrons. The number of pyridine rings is 1. The maximum atomic E-state index is 13.0. The van der Waals surface area contributed by atoms with E-state index in [0.29, 0.717) is 18.9 Å². The first-order valence-electron chi connectivity index (χ1n) is 7.22. The number of rotatable bonds is 4. The lowest BCUT2D eigenvalue weighted by Crippen LogP contribution is -2.29. The first-order valence-corrected chi connectivity index (χ1v) is 8.66. The second-order valence-electron chi connectivity index (χ2n) is 5.18. The van der Waals surface area contributed by atoms with Crippen LogP contribution in [0.15, 0.2) is 47.6 Å². The SMILES string of the molecule is CCOc1ccncc1S(=O)(=O)N1Cc2ccccc2[C@@H]1C. The van der Waals surface area contributed by atoms with Crippen molar-refractivity contribution in [3.63, 3.8) is 0 Å². The van der Waals surface area contributed by atoms with Crippen LogP contribution in [0.3, 0.4) is 0 Å². The largest absolute Gasteiger partial charge is 0.492 e. The van der Waals surface area contributed by atoms with Crippen molar-refractivity contribution in [2.24, 2.45) is 0 Å². The van der Waals surface area contributed by atoms with Crippen molar-refractivity contribution < 1.29 is 13.2 Å². The fourth-order valence-corrected chi connectivity index (χ4v) is 4.47. The maximum absolute atomic E-state index is 13.0. The van der Waals surface area contributed by atoms with Crippen LogP contribution in [0, 0.1) is 0 Å². The van der Waals surface area contributed by atoms with Crippen molar-refractivity contribution in [3.8, 4) is 5.75 Å². The second kappa shape index (κ2) is 5.70. The molecule has 0 N–H and O–H groups in total. The molecule has 0 bridgehead atoms. The highest BCUT2D eigenvalue weighted by molar-refractivity contribution is 7.89. The summed E-state index contributed by atoms with van der Waals surface area (Å²) in [6.07, 6.45) is 2.89. The minimum atomic E-state index is -3.66. The van der Waals surface area contributed by atoms with Gasteiger partial charge in [0.15, 0.2) is 0 Å². The van der Waals surface area contributed by atoms with Crippen LogP contribution in [0.5, 0.6) is 5.75 Å². The van der Waals surface area contributed by atoms with Gasteiger partial charge in [0.25, 0.3) is 0 Å². The molecular formula is C16H18N2O3S. The number of hydrogen-bond acceptors (Lipinski definition) is 4. The number of ether oxygens (including phenoxy) is 1. The van der Waals surface area contributed by atoms with Crippen LogP contribution in [0.4, 0.5) is 0 Å². The molecule has 2 heterocycles. The van der Waals surface area contributed by atoms with Crippen LogP contribution in [-0.2, 0) is 16.6 Å². The summed E-state index contributed by atoms with van der Waals surface area (Å²) >= 11 is 0. The molecule has 5 nitrogen and oxygen atoms in total. The Kier molecular flexibility index (Phi) is 3.88.